The first-order valence-electron chi connectivity index (χ1n) is 13.9. The number of hydrogen-bond acceptors (Lipinski definition) is 6. The Labute approximate surface area is 239 Å². The molecule has 1 aliphatic heterocycles. The lowest BCUT2D eigenvalue weighted by Gasteiger charge is -2.39. The minimum Gasteiger partial charge on any atom is -0.388 e. The normalized spacial score (nSPS) is 15.6. The van der Waals surface area contributed by atoms with Gasteiger partial charge in [-0.3, -0.25) is 19.0 Å². The molecule has 0 spiro atoms. The van der Waals surface area contributed by atoms with Crippen LogP contribution in [0.15, 0.2) is 59.7 Å². The number of hydrogen-bond donors (Lipinski definition) is 3. The van der Waals surface area contributed by atoms with Gasteiger partial charge in [-0.2, -0.15) is 0 Å². The zero-order valence-corrected chi connectivity index (χ0v) is 23.7. The van der Waals surface area contributed by atoms with E-state index in [2.05, 4.69) is 27.8 Å². The molecule has 1 aromatic heterocycles. The standard InChI is InChI=1S/C30H38ClN5O4/c1-32-15-5-8-23(18-22-6-3-2-4-7-22)28(38)35-16-12-30(40,13-17-35)20-36-21-33-26-19-24(34-27(37)11-14-31)9-10-25(26)29(36)39/h2-4,6-7,9-10,19,21,23,32,40H,5,8,11-18,20H2,1H3,(H,34,37). The first kappa shape index (κ1) is 29.7. The maximum absolute atomic E-state index is 13.5. The number of nitrogens with zero attached hydrogens (tertiary/aromatic N) is 3. The molecule has 9 nitrogen and oxygen atoms in total. The predicted octanol–water partition coefficient (Wildman–Crippen LogP) is 3.18. The quantitative estimate of drug-likeness (QED) is 0.229. The van der Waals surface area contributed by atoms with Crippen LogP contribution in [0, 0.1) is 5.92 Å². The smallest absolute Gasteiger partial charge is 0.261 e. The van der Waals surface area contributed by atoms with E-state index in [4.69, 9.17) is 11.6 Å². The van der Waals surface area contributed by atoms with Gasteiger partial charge in [0.1, 0.15) is 0 Å². The molecule has 40 heavy (non-hydrogen) atoms. The largest absolute Gasteiger partial charge is 0.388 e. The van der Waals surface area contributed by atoms with Crippen LogP contribution < -0.4 is 16.2 Å². The number of alkyl halides is 1. The number of likely N-dealkylation sites (tertiary alicyclic amines) is 1. The Bertz CT molecular complexity index is 1360. The number of carbonyl (C=O) groups is 2. The molecule has 1 saturated heterocycles. The summed E-state index contributed by atoms with van der Waals surface area (Å²) in [5.41, 5.74) is 0.765. The van der Waals surface area contributed by atoms with E-state index in [0.29, 0.717) is 48.9 Å². The van der Waals surface area contributed by atoms with Crippen LogP contribution in [0.5, 0.6) is 0 Å². The minimum atomic E-state index is -1.12. The molecule has 0 saturated carbocycles. The van der Waals surface area contributed by atoms with Gasteiger partial charge in [-0.25, -0.2) is 4.98 Å². The average molecular weight is 568 g/mol. The summed E-state index contributed by atoms with van der Waals surface area (Å²) in [5.74, 6) is 0.0285. The van der Waals surface area contributed by atoms with E-state index >= 15 is 0 Å². The van der Waals surface area contributed by atoms with E-state index in [1.165, 1.54) is 10.9 Å². The van der Waals surface area contributed by atoms with Crippen LogP contribution in [0.2, 0.25) is 0 Å². The van der Waals surface area contributed by atoms with E-state index in [1.54, 1.807) is 18.2 Å². The van der Waals surface area contributed by atoms with Gasteiger partial charge in [-0.1, -0.05) is 30.3 Å². The summed E-state index contributed by atoms with van der Waals surface area (Å²) >= 11 is 5.62. The summed E-state index contributed by atoms with van der Waals surface area (Å²) in [4.78, 5) is 44.8. The van der Waals surface area contributed by atoms with Crippen molar-refractivity contribution < 1.29 is 14.7 Å². The number of aliphatic hydroxyl groups is 1. The Morgan fingerprint density at radius 1 is 1.15 bits per heavy atom. The third kappa shape index (κ3) is 7.68. The van der Waals surface area contributed by atoms with Crippen molar-refractivity contribution in [1.29, 1.82) is 0 Å². The Kier molecular flexibility index (Phi) is 10.3. The van der Waals surface area contributed by atoms with Crippen molar-refractivity contribution in [2.45, 2.75) is 50.7 Å². The van der Waals surface area contributed by atoms with Gasteiger partial charge in [0.2, 0.25) is 11.8 Å². The van der Waals surface area contributed by atoms with Crippen molar-refractivity contribution in [3.63, 3.8) is 0 Å². The van der Waals surface area contributed by atoms with Gasteiger partial charge in [0.25, 0.3) is 5.56 Å². The van der Waals surface area contributed by atoms with Gasteiger partial charge in [0.15, 0.2) is 0 Å². The zero-order valence-electron chi connectivity index (χ0n) is 22.9. The highest BCUT2D eigenvalue weighted by molar-refractivity contribution is 6.19. The molecule has 214 valence electrons. The summed E-state index contributed by atoms with van der Waals surface area (Å²) in [5, 5.41) is 17.7. The number of benzene rings is 2. The maximum atomic E-state index is 13.5. The van der Waals surface area contributed by atoms with E-state index in [9.17, 15) is 19.5 Å². The first-order chi connectivity index (χ1) is 19.3. The third-order valence-electron chi connectivity index (χ3n) is 7.55. The summed E-state index contributed by atoms with van der Waals surface area (Å²) in [6.45, 7) is 1.83. The van der Waals surface area contributed by atoms with Crippen molar-refractivity contribution in [2.24, 2.45) is 5.92 Å². The number of carbonyl (C=O) groups excluding carboxylic acids is 2. The topological polar surface area (TPSA) is 117 Å². The Morgan fingerprint density at radius 2 is 1.90 bits per heavy atom. The second-order valence-corrected chi connectivity index (χ2v) is 11.0. The molecular weight excluding hydrogens is 530 g/mol. The molecule has 10 heteroatoms. The van der Waals surface area contributed by atoms with Gasteiger partial charge in [0, 0.05) is 37.0 Å². The van der Waals surface area contributed by atoms with Crippen LogP contribution in [-0.2, 0) is 22.6 Å². The van der Waals surface area contributed by atoms with Crippen molar-refractivity contribution in [1.82, 2.24) is 19.8 Å². The predicted molar refractivity (Wildman–Crippen MR) is 158 cm³/mol. The summed E-state index contributed by atoms with van der Waals surface area (Å²) in [6.07, 6.45) is 4.79. The third-order valence-corrected chi connectivity index (χ3v) is 7.74. The van der Waals surface area contributed by atoms with Gasteiger partial charge < -0.3 is 20.6 Å². The first-order valence-corrected chi connectivity index (χ1v) is 14.4. The Hall–Kier alpha value is -3.27. The second-order valence-electron chi connectivity index (χ2n) is 10.6. The van der Waals surface area contributed by atoms with E-state index in [-0.39, 0.29) is 42.1 Å². The molecule has 1 fully saturated rings. The van der Waals surface area contributed by atoms with Crippen LogP contribution in [0.3, 0.4) is 0 Å². The molecule has 3 aromatic rings. The minimum absolute atomic E-state index is 0.0978. The van der Waals surface area contributed by atoms with Gasteiger partial charge in [-0.15, -0.1) is 11.6 Å². The summed E-state index contributed by atoms with van der Waals surface area (Å²) < 4.78 is 1.43. The van der Waals surface area contributed by atoms with E-state index in [1.807, 2.05) is 30.1 Å². The van der Waals surface area contributed by atoms with E-state index in [0.717, 1.165) is 24.9 Å². The molecule has 0 aliphatic carbocycles. The lowest BCUT2D eigenvalue weighted by molar-refractivity contribution is -0.140. The van der Waals surface area contributed by atoms with E-state index < -0.39 is 5.60 Å². The van der Waals surface area contributed by atoms with Crippen molar-refractivity contribution >= 4 is 40.0 Å². The summed E-state index contributed by atoms with van der Waals surface area (Å²) in [6, 6.07) is 15.0. The van der Waals surface area contributed by atoms with Gasteiger partial charge in [-0.05, 0) is 69.5 Å². The number of rotatable bonds is 12. The Balaban J connectivity index is 1.40. The number of piperidine rings is 1. The molecule has 2 amide bonds. The Morgan fingerprint density at radius 3 is 2.60 bits per heavy atom. The number of nitrogens with one attached hydrogen (secondary N) is 2. The average Bonchev–Trinajstić information content (AvgIpc) is 2.95. The monoisotopic (exact) mass is 567 g/mol. The molecule has 1 atom stereocenters. The van der Waals surface area contributed by atoms with Crippen LogP contribution in [0.4, 0.5) is 5.69 Å². The number of halogens is 1. The van der Waals surface area contributed by atoms with Gasteiger partial charge >= 0.3 is 0 Å². The maximum Gasteiger partial charge on any atom is 0.261 e. The lowest BCUT2D eigenvalue weighted by Crippen LogP contribution is -2.51. The molecule has 2 aromatic carbocycles. The fourth-order valence-corrected chi connectivity index (χ4v) is 5.44. The number of amides is 2. The van der Waals surface area contributed by atoms with Gasteiger partial charge in [0.05, 0.1) is 29.4 Å². The van der Waals surface area contributed by atoms with Crippen molar-refractivity contribution in [3.05, 3.63) is 70.8 Å². The number of fused-ring (bicyclic) bond motifs is 1. The number of aromatic nitrogens is 2. The number of anilines is 1. The molecule has 0 radical (unpaired) electrons. The fraction of sp³-hybridized carbons (Fsp3) is 0.467. The molecular formula is C30H38ClN5O4. The van der Waals surface area contributed by atoms with Crippen molar-refractivity contribution in [2.75, 3.05) is 37.9 Å². The van der Waals surface area contributed by atoms with Crippen LogP contribution in [-0.4, -0.2) is 69.5 Å². The molecule has 4 rings (SSSR count). The van der Waals surface area contributed by atoms with Crippen LogP contribution in [0.1, 0.15) is 37.7 Å². The molecule has 3 N–H and O–H groups in total. The highest BCUT2D eigenvalue weighted by Crippen LogP contribution is 2.27. The zero-order chi connectivity index (χ0) is 28.5. The van der Waals surface area contributed by atoms with Crippen molar-refractivity contribution in [3.8, 4) is 0 Å². The molecule has 0 bridgehead atoms. The lowest BCUT2D eigenvalue weighted by atomic mass is 9.88. The fourth-order valence-electron chi connectivity index (χ4n) is 5.27. The van der Waals surface area contributed by atoms with Crippen LogP contribution in [0.25, 0.3) is 10.9 Å². The molecule has 2 heterocycles. The highest BCUT2D eigenvalue weighted by Gasteiger charge is 2.36. The summed E-state index contributed by atoms with van der Waals surface area (Å²) in [7, 11) is 1.91. The molecule has 1 aliphatic rings. The molecule has 1 unspecified atom stereocenters. The second kappa shape index (κ2) is 13.9. The highest BCUT2D eigenvalue weighted by atomic mass is 35.5. The SMILES string of the molecule is CNCCCC(Cc1ccccc1)C(=O)N1CCC(O)(Cn2cnc3cc(NC(=O)CCCl)ccc3c2=O)CC1. The van der Waals surface area contributed by atoms with Crippen LogP contribution >= 0.6 is 11.6 Å².